The minimum absolute atomic E-state index is 0.156. The first-order valence-electron chi connectivity index (χ1n) is 9.11. The highest BCUT2D eigenvalue weighted by Gasteiger charge is 2.18. The van der Waals surface area contributed by atoms with Crippen LogP contribution in [0, 0.1) is 13.8 Å². The molecule has 0 spiro atoms. The molecule has 1 amide bonds. The Bertz CT molecular complexity index is 1010. The lowest BCUT2D eigenvalue weighted by Gasteiger charge is -2.12. The summed E-state index contributed by atoms with van der Waals surface area (Å²) >= 11 is 3.07. The molecule has 1 aromatic carbocycles. The number of nitrogens with zero attached hydrogens (tertiary/aromatic N) is 3. The van der Waals surface area contributed by atoms with Gasteiger partial charge in [0.15, 0.2) is 11.0 Å². The highest BCUT2D eigenvalue weighted by Crippen LogP contribution is 2.32. The fourth-order valence-electron chi connectivity index (χ4n) is 2.84. The van der Waals surface area contributed by atoms with Gasteiger partial charge < -0.3 is 19.4 Å². The van der Waals surface area contributed by atoms with E-state index in [9.17, 15) is 4.79 Å². The molecule has 3 aromatic rings. The topological polar surface area (TPSA) is 78.3 Å². The number of hydrogen-bond acceptors (Lipinski definition) is 7. The van der Waals surface area contributed by atoms with Gasteiger partial charge in [0.05, 0.1) is 25.7 Å². The monoisotopic (exact) mass is 432 g/mol. The Balaban J connectivity index is 1.72. The van der Waals surface area contributed by atoms with E-state index < -0.39 is 0 Å². The average molecular weight is 433 g/mol. The summed E-state index contributed by atoms with van der Waals surface area (Å²) < 4.78 is 12.6. The standard InChI is InChI=1S/C20H24N4O3S2/c1-6-24-19(15-10-28-13(3)12(15)2)22-23-20(24)29-11-18(25)21-16-9-14(26-4)7-8-17(16)27-5/h7-10H,6,11H2,1-5H3,(H,21,25). The second kappa shape index (κ2) is 9.32. The minimum atomic E-state index is -0.156. The van der Waals surface area contributed by atoms with Crippen molar-refractivity contribution in [2.75, 3.05) is 25.3 Å². The van der Waals surface area contributed by atoms with Gasteiger partial charge in [-0.2, -0.15) is 0 Å². The van der Waals surface area contributed by atoms with Crippen LogP contribution < -0.4 is 14.8 Å². The van der Waals surface area contributed by atoms with Crippen LogP contribution in [0.4, 0.5) is 5.69 Å². The Morgan fingerprint density at radius 2 is 2.03 bits per heavy atom. The second-order valence-electron chi connectivity index (χ2n) is 6.28. The van der Waals surface area contributed by atoms with Crippen molar-refractivity contribution < 1.29 is 14.3 Å². The Hall–Kier alpha value is -2.52. The molecular formula is C20H24N4O3S2. The Labute approximate surface area is 178 Å². The summed E-state index contributed by atoms with van der Waals surface area (Å²) in [6.45, 7) is 6.97. The average Bonchev–Trinajstić information content (AvgIpc) is 3.28. The zero-order valence-electron chi connectivity index (χ0n) is 17.1. The summed E-state index contributed by atoms with van der Waals surface area (Å²) in [7, 11) is 3.14. The first kappa shape index (κ1) is 21.2. The summed E-state index contributed by atoms with van der Waals surface area (Å²) in [5, 5.41) is 14.4. The normalized spacial score (nSPS) is 10.8. The number of amides is 1. The molecule has 2 heterocycles. The van der Waals surface area contributed by atoms with Crippen molar-refractivity contribution in [2.45, 2.75) is 32.5 Å². The molecule has 0 fully saturated rings. The number of carbonyl (C=O) groups excluding carboxylic acids is 1. The fraction of sp³-hybridized carbons (Fsp3) is 0.350. The van der Waals surface area contributed by atoms with Gasteiger partial charge in [0.25, 0.3) is 0 Å². The van der Waals surface area contributed by atoms with Crippen molar-refractivity contribution in [3.05, 3.63) is 34.0 Å². The van der Waals surface area contributed by atoms with Crippen molar-refractivity contribution in [2.24, 2.45) is 0 Å². The van der Waals surface area contributed by atoms with Crippen molar-refractivity contribution >= 4 is 34.7 Å². The van der Waals surface area contributed by atoms with Crippen molar-refractivity contribution in [1.82, 2.24) is 14.8 Å². The summed E-state index contributed by atoms with van der Waals surface area (Å²) in [5.74, 6) is 2.11. The first-order chi connectivity index (χ1) is 14.0. The van der Waals surface area contributed by atoms with Crippen LogP contribution in [0.15, 0.2) is 28.7 Å². The molecule has 0 aliphatic rings. The van der Waals surface area contributed by atoms with Crippen molar-refractivity contribution in [3.63, 3.8) is 0 Å². The summed E-state index contributed by atoms with van der Waals surface area (Å²) in [5.41, 5.74) is 2.88. The SMILES string of the molecule is CCn1c(SCC(=O)Nc2cc(OC)ccc2OC)nnc1-c1csc(C)c1C. The number of benzene rings is 1. The maximum absolute atomic E-state index is 12.5. The van der Waals surface area contributed by atoms with Gasteiger partial charge in [-0.1, -0.05) is 11.8 Å². The van der Waals surface area contributed by atoms with Gasteiger partial charge in [0, 0.05) is 28.4 Å². The first-order valence-corrected chi connectivity index (χ1v) is 11.0. The van der Waals surface area contributed by atoms with Crippen LogP contribution in [0.2, 0.25) is 0 Å². The molecule has 1 N–H and O–H groups in total. The molecule has 0 saturated carbocycles. The number of hydrogen-bond donors (Lipinski definition) is 1. The lowest BCUT2D eigenvalue weighted by atomic mass is 10.1. The molecule has 7 nitrogen and oxygen atoms in total. The lowest BCUT2D eigenvalue weighted by Crippen LogP contribution is -2.15. The number of methoxy groups -OCH3 is 2. The van der Waals surface area contributed by atoms with Gasteiger partial charge >= 0.3 is 0 Å². The zero-order valence-corrected chi connectivity index (χ0v) is 18.7. The van der Waals surface area contributed by atoms with Gasteiger partial charge in [-0.25, -0.2) is 0 Å². The highest BCUT2D eigenvalue weighted by molar-refractivity contribution is 7.99. The summed E-state index contributed by atoms with van der Waals surface area (Å²) in [6.07, 6.45) is 0. The number of nitrogens with one attached hydrogen (secondary N) is 1. The quantitative estimate of drug-likeness (QED) is 0.532. The Kier molecular flexibility index (Phi) is 6.81. The molecule has 0 unspecified atom stereocenters. The highest BCUT2D eigenvalue weighted by atomic mass is 32.2. The summed E-state index contributed by atoms with van der Waals surface area (Å²) in [4.78, 5) is 13.8. The number of thioether (sulfide) groups is 1. The predicted molar refractivity (Wildman–Crippen MR) is 117 cm³/mol. The number of aromatic nitrogens is 3. The number of aryl methyl sites for hydroxylation is 1. The van der Waals surface area contributed by atoms with Gasteiger partial charge in [0.1, 0.15) is 11.5 Å². The second-order valence-corrected chi connectivity index (χ2v) is 8.31. The van der Waals surface area contributed by atoms with Crippen LogP contribution in [-0.4, -0.2) is 40.6 Å². The number of anilines is 1. The maximum Gasteiger partial charge on any atom is 0.234 e. The molecule has 0 atom stereocenters. The van der Waals surface area contributed by atoms with E-state index in [4.69, 9.17) is 9.47 Å². The van der Waals surface area contributed by atoms with Crippen molar-refractivity contribution in [3.8, 4) is 22.9 Å². The van der Waals surface area contributed by atoms with Crippen LogP contribution in [-0.2, 0) is 11.3 Å². The number of carbonyl (C=O) groups is 1. The number of ether oxygens (including phenoxy) is 2. The van der Waals surface area contributed by atoms with E-state index in [0.29, 0.717) is 17.2 Å². The molecule has 0 bridgehead atoms. The van der Waals surface area contributed by atoms with Crippen LogP contribution >= 0.6 is 23.1 Å². The molecule has 0 aliphatic carbocycles. The van der Waals surface area contributed by atoms with Crippen LogP contribution in [0.5, 0.6) is 11.5 Å². The van der Waals surface area contributed by atoms with Crippen LogP contribution in [0.3, 0.4) is 0 Å². The molecular weight excluding hydrogens is 408 g/mol. The third kappa shape index (κ3) is 4.56. The lowest BCUT2D eigenvalue weighted by molar-refractivity contribution is -0.113. The molecule has 154 valence electrons. The third-order valence-electron chi connectivity index (χ3n) is 4.57. The van der Waals surface area contributed by atoms with Crippen molar-refractivity contribution in [1.29, 1.82) is 0 Å². The third-order valence-corrected chi connectivity index (χ3v) is 6.55. The molecule has 2 aromatic heterocycles. The van der Waals surface area contributed by atoms with Gasteiger partial charge in [-0.05, 0) is 38.5 Å². The molecule has 29 heavy (non-hydrogen) atoms. The van der Waals surface area contributed by atoms with E-state index in [1.54, 1.807) is 43.8 Å². The molecule has 9 heteroatoms. The van der Waals surface area contributed by atoms with Crippen LogP contribution in [0.1, 0.15) is 17.4 Å². The fourth-order valence-corrected chi connectivity index (χ4v) is 4.51. The zero-order chi connectivity index (χ0) is 21.0. The van der Waals surface area contributed by atoms with Gasteiger partial charge in [0.2, 0.25) is 5.91 Å². The summed E-state index contributed by atoms with van der Waals surface area (Å²) in [6, 6.07) is 5.27. The van der Waals surface area contributed by atoms with E-state index in [1.807, 2.05) is 11.5 Å². The molecule has 0 radical (unpaired) electrons. The molecule has 0 aliphatic heterocycles. The van der Waals surface area contributed by atoms with E-state index in [2.05, 4.69) is 34.7 Å². The Morgan fingerprint density at radius 3 is 2.66 bits per heavy atom. The Morgan fingerprint density at radius 1 is 1.24 bits per heavy atom. The number of rotatable bonds is 8. The van der Waals surface area contributed by atoms with E-state index in [1.165, 1.54) is 22.2 Å². The number of thiophene rings is 1. The van der Waals surface area contributed by atoms with Gasteiger partial charge in [-0.15, -0.1) is 21.5 Å². The largest absolute Gasteiger partial charge is 0.497 e. The van der Waals surface area contributed by atoms with E-state index in [0.717, 1.165) is 23.1 Å². The van der Waals surface area contributed by atoms with E-state index >= 15 is 0 Å². The minimum Gasteiger partial charge on any atom is -0.497 e. The maximum atomic E-state index is 12.5. The predicted octanol–water partition coefficient (Wildman–Crippen LogP) is 4.39. The molecule has 0 saturated heterocycles. The van der Waals surface area contributed by atoms with E-state index in [-0.39, 0.29) is 11.7 Å². The van der Waals surface area contributed by atoms with Gasteiger partial charge in [-0.3, -0.25) is 4.79 Å². The smallest absolute Gasteiger partial charge is 0.234 e. The molecule has 3 rings (SSSR count). The van der Waals surface area contributed by atoms with Crippen LogP contribution in [0.25, 0.3) is 11.4 Å².